The van der Waals surface area contributed by atoms with Crippen molar-refractivity contribution in [3.63, 3.8) is 0 Å². The zero-order valence-electron chi connectivity index (χ0n) is 20.8. The molecule has 1 atom stereocenters. The van der Waals surface area contributed by atoms with Crippen LogP contribution >= 0.6 is 0 Å². The van der Waals surface area contributed by atoms with Gasteiger partial charge in [-0.25, -0.2) is 14.0 Å². The molecule has 1 unspecified atom stereocenters. The molecule has 0 bridgehead atoms. The van der Waals surface area contributed by atoms with Crippen LogP contribution in [0.1, 0.15) is 31.4 Å². The van der Waals surface area contributed by atoms with Crippen molar-refractivity contribution in [1.82, 2.24) is 15.1 Å². The van der Waals surface area contributed by atoms with E-state index in [1.807, 2.05) is 26.0 Å². The maximum Gasteiger partial charge on any atom is 0.344 e. The van der Waals surface area contributed by atoms with Gasteiger partial charge < -0.3 is 24.8 Å². The molecule has 1 aromatic heterocycles. The van der Waals surface area contributed by atoms with Gasteiger partial charge in [-0.05, 0) is 48.2 Å². The fraction of sp³-hybridized carbons (Fsp3) is 0.346. The molecule has 9 nitrogen and oxygen atoms in total. The van der Waals surface area contributed by atoms with Crippen LogP contribution in [0.3, 0.4) is 0 Å². The van der Waals surface area contributed by atoms with E-state index >= 15 is 0 Å². The minimum atomic E-state index is -0.847. The first-order chi connectivity index (χ1) is 17.2. The number of methoxy groups -OCH3 is 3. The van der Waals surface area contributed by atoms with Crippen molar-refractivity contribution >= 4 is 23.5 Å². The summed E-state index contributed by atoms with van der Waals surface area (Å²) in [5.41, 5.74) is 3.52. The Labute approximate surface area is 208 Å². The van der Waals surface area contributed by atoms with Gasteiger partial charge in [0.1, 0.15) is 17.7 Å². The predicted molar refractivity (Wildman–Crippen MR) is 132 cm³/mol. The van der Waals surface area contributed by atoms with Gasteiger partial charge in [0, 0.05) is 23.2 Å². The van der Waals surface area contributed by atoms with Crippen LogP contribution in [0.5, 0.6) is 11.5 Å². The number of nitrogens with zero attached hydrogens (tertiary/aromatic N) is 2. The van der Waals surface area contributed by atoms with Gasteiger partial charge in [-0.15, -0.1) is 0 Å². The van der Waals surface area contributed by atoms with E-state index < -0.39 is 23.9 Å². The highest BCUT2D eigenvalue weighted by molar-refractivity contribution is 5.90. The molecule has 190 valence electrons. The Bertz CT molecular complexity index is 1300. The third kappa shape index (κ3) is 4.84. The van der Waals surface area contributed by atoms with Gasteiger partial charge in [-0.2, -0.15) is 9.78 Å². The fourth-order valence-corrected chi connectivity index (χ4v) is 4.33. The molecule has 0 aliphatic heterocycles. The summed E-state index contributed by atoms with van der Waals surface area (Å²) in [6.07, 6.45) is 0.855. The van der Waals surface area contributed by atoms with Crippen LogP contribution in [0, 0.1) is 11.7 Å². The van der Waals surface area contributed by atoms with Gasteiger partial charge in [-0.1, -0.05) is 19.9 Å². The smallest absolute Gasteiger partial charge is 0.344 e. The number of hydrogen-bond donors (Lipinski definition) is 2. The number of benzene rings is 2. The maximum atomic E-state index is 13.9. The molecule has 1 heterocycles. The van der Waals surface area contributed by atoms with E-state index in [4.69, 9.17) is 14.2 Å². The second-order valence-electron chi connectivity index (χ2n) is 8.92. The van der Waals surface area contributed by atoms with Crippen LogP contribution in [0.4, 0.5) is 20.7 Å². The Morgan fingerprint density at radius 1 is 1.11 bits per heavy atom. The van der Waals surface area contributed by atoms with Crippen molar-refractivity contribution in [3.8, 4) is 22.8 Å². The number of rotatable bonds is 8. The Morgan fingerprint density at radius 2 is 1.83 bits per heavy atom. The van der Waals surface area contributed by atoms with Crippen LogP contribution in [0.2, 0.25) is 0 Å². The number of ether oxygens (including phenoxy) is 3. The van der Waals surface area contributed by atoms with Gasteiger partial charge in [0.2, 0.25) is 0 Å². The summed E-state index contributed by atoms with van der Waals surface area (Å²) in [6.45, 7) is 3.89. The molecule has 0 saturated heterocycles. The Morgan fingerprint density at radius 3 is 2.47 bits per heavy atom. The summed E-state index contributed by atoms with van der Waals surface area (Å²) in [6, 6.07) is 8.15. The summed E-state index contributed by atoms with van der Waals surface area (Å²) in [5.74, 6) is 0.657. The summed E-state index contributed by atoms with van der Waals surface area (Å²) in [4.78, 5) is 25.7. The number of aromatic nitrogens is 2. The number of carbonyl (C=O) groups is 2. The second kappa shape index (κ2) is 10.3. The number of carbonyl (C=O) groups excluding carboxylic acids is 2. The lowest BCUT2D eigenvalue weighted by atomic mass is 10.0. The van der Waals surface area contributed by atoms with Crippen LogP contribution < -0.4 is 20.1 Å². The standard InChI is InChI=1S/C26H29FN4O5/c1-14(2)9-20(25(32)36-5)29-26(33)31-24(28-17-8-6-7-16(27)12-17)19-10-15-11-21(34-3)22(35-4)13-18(15)23(19)30-31/h6-8,11-14,20,28H,9-10H2,1-5H3,(H,29,33). The lowest BCUT2D eigenvalue weighted by molar-refractivity contribution is -0.143. The maximum absolute atomic E-state index is 13.9. The number of nitrogens with one attached hydrogen (secondary N) is 2. The van der Waals surface area contributed by atoms with Crippen LogP contribution in [0.15, 0.2) is 36.4 Å². The third-order valence-electron chi connectivity index (χ3n) is 5.99. The molecule has 2 N–H and O–H groups in total. The first kappa shape index (κ1) is 25.0. The number of amides is 1. The first-order valence-electron chi connectivity index (χ1n) is 11.5. The lowest BCUT2D eigenvalue weighted by Crippen LogP contribution is -2.44. The number of anilines is 2. The molecule has 1 aliphatic rings. The molecular formula is C26H29FN4O5. The van der Waals surface area contributed by atoms with Gasteiger partial charge in [0.05, 0.1) is 27.0 Å². The summed E-state index contributed by atoms with van der Waals surface area (Å²) >= 11 is 0. The molecule has 0 spiro atoms. The normalized spacial score (nSPS) is 12.5. The second-order valence-corrected chi connectivity index (χ2v) is 8.92. The number of halogens is 1. The van der Waals surface area contributed by atoms with E-state index in [0.717, 1.165) is 16.7 Å². The fourth-order valence-electron chi connectivity index (χ4n) is 4.33. The van der Waals surface area contributed by atoms with Crippen LogP contribution in [0.25, 0.3) is 11.3 Å². The van der Waals surface area contributed by atoms with Crippen LogP contribution in [-0.4, -0.2) is 49.2 Å². The van der Waals surface area contributed by atoms with Gasteiger partial charge >= 0.3 is 12.0 Å². The highest BCUT2D eigenvalue weighted by atomic mass is 19.1. The van der Waals surface area contributed by atoms with Crippen molar-refractivity contribution < 1.29 is 28.2 Å². The molecule has 1 amide bonds. The third-order valence-corrected chi connectivity index (χ3v) is 5.99. The van der Waals surface area contributed by atoms with E-state index in [1.54, 1.807) is 26.4 Å². The topological polar surface area (TPSA) is 104 Å². The average Bonchev–Trinajstić information content (AvgIpc) is 3.38. The number of fused-ring (bicyclic) bond motifs is 3. The number of hydrogen-bond acceptors (Lipinski definition) is 7. The predicted octanol–water partition coefficient (Wildman–Crippen LogP) is 4.50. The monoisotopic (exact) mass is 496 g/mol. The zero-order valence-corrected chi connectivity index (χ0v) is 20.8. The van der Waals surface area contributed by atoms with Crippen molar-refractivity contribution in [2.75, 3.05) is 26.6 Å². The lowest BCUT2D eigenvalue weighted by Gasteiger charge is -2.19. The van der Waals surface area contributed by atoms with Crippen LogP contribution in [-0.2, 0) is 16.0 Å². The Hall–Kier alpha value is -4.08. The van der Waals surface area contributed by atoms with E-state index in [-0.39, 0.29) is 5.92 Å². The van der Waals surface area contributed by atoms with E-state index in [2.05, 4.69) is 15.7 Å². The molecule has 2 aromatic carbocycles. The molecule has 3 aromatic rings. The summed E-state index contributed by atoms with van der Waals surface area (Å²) in [5, 5.41) is 10.5. The van der Waals surface area contributed by atoms with Gasteiger partial charge in [0.25, 0.3) is 0 Å². The number of esters is 1. The molecule has 0 radical (unpaired) electrons. The van der Waals surface area contributed by atoms with E-state index in [9.17, 15) is 14.0 Å². The molecule has 0 saturated carbocycles. The van der Waals surface area contributed by atoms with Crippen molar-refractivity contribution in [3.05, 3.63) is 53.3 Å². The molecule has 10 heteroatoms. The Kier molecular flexibility index (Phi) is 7.14. The quantitative estimate of drug-likeness (QED) is 0.346. The van der Waals surface area contributed by atoms with Crippen molar-refractivity contribution in [1.29, 1.82) is 0 Å². The SMILES string of the molecule is COC(=O)C(CC(C)C)NC(=O)n1nc2c(c1Nc1cccc(F)c1)Cc1cc(OC)c(OC)cc1-2. The van der Waals surface area contributed by atoms with E-state index in [0.29, 0.717) is 41.5 Å². The van der Waals surface area contributed by atoms with Crippen molar-refractivity contribution in [2.45, 2.75) is 32.7 Å². The molecule has 4 rings (SSSR count). The highest BCUT2D eigenvalue weighted by Gasteiger charge is 2.32. The highest BCUT2D eigenvalue weighted by Crippen LogP contribution is 2.45. The average molecular weight is 497 g/mol. The molecule has 36 heavy (non-hydrogen) atoms. The molecule has 1 aliphatic carbocycles. The van der Waals surface area contributed by atoms with Crippen molar-refractivity contribution in [2.24, 2.45) is 5.92 Å². The summed E-state index contributed by atoms with van der Waals surface area (Å²) in [7, 11) is 4.39. The van der Waals surface area contributed by atoms with Gasteiger partial charge in [0.15, 0.2) is 11.5 Å². The zero-order chi connectivity index (χ0) is 26.0. The van der Waals surface area contributed by atoms with E-state index in [1.165, 1.54) is 23.9 Å². The van der Waals surface area contributed by atoms with Gasteiger partial charge in [-0.3, -0.25) is 0 Å². The minimum absolute atomic E-state index is 0.135. The molecule has 0 fully saturated rings. The first-order valence-corrected chi connectivity index (χ1v) is 11.5. The largest absolute Gasteiger partial charge is 0.493 e. The molecular weight excluding hydrogens is 467 g/mol. The Balaban J connectivity index is 1.78. The minimum Gasteiger partial charge on any atom is -0.493 e. The summed E-state index contributed by atoms with van der Waals surface area (Å²) < 4.78 is 30.8.